The molecule has 0 aliphatic carbocycles. The SMILES string of the molecule is OC1CCN(c2cnc(Cl)cn2)CC1. The fourth-order valence-electron chi connectivity index (χ4n) is 1.56. The standard InChI is InChI=1S/C9H12ClN3O/c10-8-5-12-9(6-11-8)13-3-1-7(14)2-4-13/h5-7,14H,1-4H2. The molecular weight excluding hydrogens is 202 g/mol. The van der Waals surface area contributed by atoms with Crippen molar-refractivity contribution in [2.24, 2.45) is 0 Å². The van der Waals surface area contributed by atoms with E-state index in [9.17, 15) is 5.11 Å². The highest BCUT2D eigenvalue weighted by Gasteiger charge is 2.17. The lowest BCUT2D eigenvalue weighted by molar-refractivity contribution is 0.145. The first kappa shape index (κ1) is 9.68. The van der Waals surface area contributed by atoms with E-state index in [0.717, 1.165) is 31.7 Å². The predicted molar refractivity (Wildman–Crippen MR) is 54.5 cm³/mol. The van der Waals surface area contributed by atoms with Gasteiger partial charge in [-0.05, 0) is 12.8 Å². The van der Waals surface area contributed by atoms with Gasteiger partial charge in [0.25, 0.3) is 0 Å². The van der Waals surface area contributed by atoms with Crippen LogP contribution in [-0.4, -0.2) is 34.3 Å². The number of aliphatic hydroxyl groups is 1. The molecule has 1 N–H and O–H groups in total. The van der Waals surface area contributed by atoms with Gasteiger partial charge < -0.3 is 10.0 Å². The summed E-state index contributed by atoms with van der Waals surface area (Å²) in [6, 6.07) is 0. The number of aliphatic hydroxyl groups excluding tert-OH is 1. The molecule has 1 saturated heterocycles. The van der Waals surface area contributed by atoms with E-state index in [4.69, 9.17) is 11.6 Å². The second-order valence-corrected chi connectivity index (χ2v) is 3.80. The van der Waals surface area contributed by atoms with Gasteiger partial charge in [-0.1, -0.05) is 11.6 Å². The van der Waals surface area contributed by atoms with Crippen molar-refractivity contribution in [3.05, 3.63) is 17.5 Å². The zero-order valence-electron chi connectivity index (χ0n) is 7.73. The quantitative estimate of drug-likeness (QED) is 0.759. The molecule has 0 bridgehead atoms. The lowest BCUT2D eigenvalue weighted by atomic mass is 10.1. The Kier molecular flexibility index (Phi) is 2.84. The highest BCUT2D eigenvalue weighted by molar-refractivity contribution is 6.29. The van der Waals surface area contributed by atoms with Crippen LogP contribution < -0.4 is 4.90 Å². The number of hydrogen-bond acceptors (Lipinski definition) is 4. The molecule has 0 amide bonds. The van der Waals surface area contributed by atoms with Crippen LogP contribution in [0.5, 0.6) is 0 Å². The molecule has 0 atom stereocenters. The molecule has 1 fully saturated rings. The summed E-state index contributed by atoms with van der Waals surface area (Å²) in [4.78, 5) is 10.3. The van der Waals surface area contributed by atoms with E-state index in [1.165, 1.54) is 0 Å². The van der Waals surface area contributed by atoms with Gasteiger partial charge in [-0.25, -0.2) is 9.97 Å². The number of piperidine rings is 1. The largest absolute Gasteiger partial charge is 0.393 e. The molecule has 1 aliphatic rings. The van der Waals surface area contributed by atoms with Gasteiger partial charge in [0, 0.05) is 13.1 Å². The van der Waals surface area contributed by atoms with E-state index < -0.39 is 0 Å². The van der Waals surface area contributed by atoms with E-state index >= 15 is 0 Å². The average Bonchev–Trinajstić information content (AvgIpc) is 2.21. The molecule has 0 saturated carbocycles. The molecule has 5 heteroatoms. The zero-order chi connectivity index (χ0) is 9.97. The molecular formula is C9H12ClN3O. The number of rotatable bonds is 1. The highest BCUT2D eigenvalue weighted by atomic mass is 35.5. The Balaban J connectivity index is 2.05. The lowest BCUT2D eigenvalue weighted by Crippen LogP contribution is -2.36. The van der Waals surface area contributed by atoms with Crippen LogP contribution in [0.25, 0.3) is 0 Å². The molecule has 1 aromatic rings. The Morgan fingerprint density at radius 1 is 1.29 bits per heavy atom. The summed E-state index contributed by atoms with van der Waals surface area (Å²) in [6.45, 7) is 1.66. The van der Waals surface area contributed by atoms with Gasteiger partial charge >= 0.3 is 0 Å². The maximum absolute atomic E-state index is 9.33. The monoisotopic (exact) mass is 213 g/mol. The van der Waals surface area contributed by atoms with Crippen molar-refractivity contribution in [3.63, 3.8) is 0 Å². The Morgan fingerprint density at radius 2 is 2.00 bits per heavy atom. The molecule has 1 aliphatic heterocycles. The molecule has 14 heavy (non-hydrogen) atoms. The third-order valence-electron chi connectivity index (χ3n) is 2.40. The fourth-order valence-corrected chi connectivity index (χ4v) is 1.66. The highest BCUT2D eigenvalue weighted by Crippen LogP contribution is 2.17. The van der Waals surface area contributed by atoms with E-state index in [1.807, 2.05) is 0 Å². The molecule has 76 valence electrons. The van der Waals surface area contributed by atoms with Gasteiger partial charge in [-0.3, -0.25) is 0 Å². The van der Waals surface area contributed by atoms with Crippen molar-refractivity contribution in [2.75, 3.05) is 18.0 Å². The number of aromatic nitrogens is 2. The minimum Gasteiger partial charge on any atom is -0.393 e. The minimum atomic E-state index is -0.161. The second kappa shape index (κ2) is 4.11. The molecule has 1 aromatic heterocycles. The van der Waals surface area contributed by atoms with Crippen molar-refractivity contribution in [1.82, 2.24) is 9.97 Å². The van der Waals surface area contributed by atoms with Crippen molar-refractivity contribution in [2.45, 2.75) is 18.9 Å². The van der Waals surface area contributed by atoms with Crippen LogP contribution in [0.1, 0.15) is 12.8 Å². The first-order valence-corrected chi connectivity index (χ1v) is 5.04. The normalized spacial score (nSPS) is 18.6. The third kappa shape index (κ3) is 2.13. The van der Waals surface area contributed by atoms with Crippen LogP contribution in [0.15, 0.2) is 12.4 Å². The topological polar surface area (TPSA) is 49.2 Å². The van der Waals surface area contributed by atoms with Crippen molar-refractivity contribution in [1.29, 1.82) is 0 Å². The molecule has 4 nitrogen and oxygen atoms in total. The number of anilines is 1. The van der Waals surface area contributed by atoms with Gasteiger partial charge in [0.2, 0.25) is 0 Å². The molecule has 0 spiro atoms. The van der Waals surface area contributed by atoms with Crippen LogP contribution >= 0.6 is 11.6 Å². The van der Waals surface area contributed by atoms with Gasteiger partial charge in [0.05, 0.1) is 18.5 Å². The van der Waals surface area contributed by atoms with Crippen LogP contribution in [-0.2, 0) is 0 Å². The van der Waals surface area contributed by atoms with Crippen LogP contribution in [0.4, 0.5) is 5.82 Å². The van der Waals surface area contributed by atoms with E-state index in [1.54, 1.807) is 12.4 Å². The second-order valence-electron chi connectivity index (χ2n) is 3.42. The van der Waals surface area contributed by atoms with E-state index in [0.29, 0.717) is 5.15 Å². The molecule has 2 rings (SSSR count). The maximum atomic E-state index is 9.33. The summed E-state index contributed by atoms with van der Waals surface area (Å²) in [7, 11) is 0. The summed E-state index contributed by atoms with van der Waals surface area (Å²) in [6.07, 6.45) is 4.64. The van der Waals surface area contributed by atoms with Crippen LogP contribution in [0.2, 0.25) is 5.15 Å². The first-order valence-electron chi connectivity index (χ1n) is 4.66. The Hall–Kier alpha value is -0.870. The average molecular weight is 214 g/mol. The van der Waals surface area contributed by atoms with Crippen molar-refractivity contribution < 1.29 is 5.11 Å². The Morgan fingerprint density at radius 3 is 2.57 bits per heavy atom. The number of halogens is 1. The summed E-state index contributed by atoms with van der Waals surface area (Å²) < 4.78 is 0. The summed E-state index contributed by atoms with van der Waals surface area (Å²) in [5.41, 5.74) is 0. The zero-order valence-corrected chi connectivity index (χ0v) is 8.48. The number of hydrogen-bond donors (Lipinski definition) is 1. The summed E-state index contributed by atoms with van der Waals surface area (Å²) >= 11 is 5.64. The molecule has 0 aromatic carbocycles. The van der Waals surface area contributed by atoms with Gasteiger partial charge in [0.15, 0.2) is 0 Å². The minimum absolute atomic E-state index is 0.161. The van der Waals surface area contributed by atoms with Crippen molar-refractivity contribution >= 4 is 17.4 Å². The Bertz CT molecular complexity index is 295. The number of nitrogens with zero attached hydrogens (tertiary/aromatic N) is 3. The Labute approximate surface area is 87.5 Å². The van der Waals surface area contributed by atoms with Gasteiger partial charge in [-0.2, -0.15) is 0 Å². The molecule has 0 unspecified atom stereocenters. The van der Waals surface area contributed by atoms with Crippen molar-refractivity contribution in [3.8, 4) is 0 Å². The maximum Gasteiger partial charge on any atom is 0.147 e. The summed E-state index contributed by atoms with van der Waals surface area (Å²) in [5, 5.41) is 9.74. The third-order valence-corrected chi connectivity index (χ3v) is 2.59. The van der Waals surface area contributed by atoms with Crippen LogP contribution in [0, 0.1) is 0 Å². The molecule has 2 heterocycles. The lowest BCUT2D eigenvalue weighted by Gasteiger charge is -2.30. The molecule has 0 radical (unpaired) electrons. The smallest absolute Gasteiger partial charge is 0.147 e. The van der Waals surface area contributed by atoms with Gasteiger partial charge in [0.1, 0.15) is 11.0 Å². The van der Waals surface area contributed by atoms with Gasteiger partial charge in [-0.15, -0.1) is 0 Å². The first-order chi connectivity index (χ1) is 6.75. The summed E-state index contributed by atoms with van der Waals surface area (Å²) in [5.74, 6) is 0.835. The van der Waals surface area contributed by atoms with E-state index in [-0.39, 0.29) is 6.10 Å². The van der Waals surface area contributed by atoms with E-state index in [2.05, 4.69) is 14.9 Å². The predicted octanol–water partition coefficient (Wildman–Crippen LogP) is 1.09. The van der Waals surface area contributed by atoms with Crippen LogP contribution in [0.3, 0.4) is 0 Å². The fraction of sp³-hybridized carbons (Fsp3) is 0.556.